The van der Waals surface area contributed by atoms with Crippen molar-refractivity contribution in [3.63, 3.8) is 0 Å². The summed E-state index contributed by atoms with van der Waals surface area (Å²) in [5, 5.41) is 0. The van der Waals surface area contributed by atoms with Gasteiger partial charge in [0.2, 0.25) is 0 Å². The van der Waals surface area contributed by atoms with Crippen LogP contribution in [-0.4, -0.2) is 0 Å². The van der Waals surface area contributed by atoms with Crippen LogP contribution in [0.4, 0.5) is 5.69 Å². The van der Waals surface area contributed by atoms with Crippen molar-refractivity contribution in [1.82, 2.24) is 4.72 Å². The van der Waals surface area contributed by atoms with E-state index in [0.29, 0.717) is 0 Å². The van der Waals surface area contributed by atoms with Crippen molar-refractivity contribution in [3.8, 4) is 0 Å². The van der Waals surface area contributed by atoms with Crippen molar-refractivity contribution in [2.75, 3.05) is 5.73 Å². The number of hydrogen-bond acceptors (Lipinski definition) is 3. The van der Waals surface area contributed by atoms with Gasteiger partial charge in [-0.05, 0) is 55.1 Å². The standard InChI is InChI=1S/C12H14N2S/c13-10-6-8-12(9-7-10)15-14-11-4-2-1-3-5-11/h2,4-9,14H,1,3,13H2. The molecule has 0 aromatic heterocycles. The summed E-state index contributed by atoms with van der Waals surface area (Å²) in [6.45, 7) is 0. The quantitative estimate of drug-likeness (QED) is 0.605. The molecule has 0 saturated heterocycles. The topological polar surface area (TPSA) is 38.0 Å². The number of anilines is 1. The predicted octanol–water partition coefficient (Wildman–Crippen LogP) is 3.10. The lowest BCUT2D eigenvalue weighted by Gasteiger charge is -2.09. The lowest BCUT2D eigenvalue weighted by Crippen LogP contribution is -2.02. The van der Waals surface area contributed by atoms with Crippen LogP contribution in [0.1, 0.15) is 12.8 Å². The summed E-state index contributed by atoms with van der Waals surface area (Å²) >= 11 is 1.61. The fourth-order valence-corrected chi connectivity index (χ4v) is 2.00. The summed E-state index contributed by atoms with van der Waals surface area (Å²) in [6.07, 6.45) is 8.79. The molecule has 2 nitrogen and oxygen atoms in total. The van der Waals surface area contributed by atoms with Gasteiger partial charge in [-0.1, -0.05) is 12.2 Å². The van der Waals surface area contributed by atoms with E-state index in [1.807, 2.05) is 24.3 Å². The van der Waals surface area contributed by atoms with E-state index < -0.39 is 0 Å². The zero-order valence-electron chi connectivity index (χ0n) is 8.44. The molecule has 2 rings (SSSR count). The first kappa shape index (κ1) is 10.2. The highest BCUT2D eigenvalue weighted by molar-refractivity contribution is 7.97. The molecule has 1 aliphatic rings. The van der Waals surface area contributed by atoms with E-state index in [2.05, 4.69) is 23.0 Å². The van der Waals surface area contributed by atoms with Crippen molar-refractivity contribution < 1.29 is 0 Å². The van der Waals surface area contributed by atoms with Crippen LogP contribution >= 0.6 is 11.9 Å². The van der Waals surface area contributed by atoms with Crippen LogP contribution in [0.15, 0.2) is 53.1 Å². The Morgan fingerprint density at radius 3 is 2.60 bits per heavy atom. The number of benzene rings is 1. The van der Waals surface area contributed by atoms with E-state index in [1.165, 1.54) is 10.6 Å². The fraction of sp³-hybridized carbons (Fsp3) is 0.167. The number of hydrogen-bond donors (Lipinski definition) is 2. The minimum atomic E-state index is 0.802. The third-order valence-corrected chi connectivity index (χ3v) is 3.01. The van der Waals surface area contributed by atoms with Crippen molar-refractivity contribution in [3.05, 3.63) is 48.2 Å². The number of rotatable bonds is 3. The molecule has 0 saturated carbocycles. The molecule has 0 fully saturated rings. The van der Waals surface area contributed by atoms with E-state index in [4.69, 9.17) is 5.73 Å². The molecule has 1 aromatic carbocycles. The predicted molar refractivity (Wildman–Crippen MR) is 66.3 cm³/mol. The van der Waals surface area contributed by atoms with E-state index in [0.717, 1.165) is 18.5 Å². The first-order valence-corrected chi connectivity index (χ1v) is 5.81. The Bertz CT molecular complexity index is 379. The van der Waals surface area contributed by atoms with Crippen LogP contribution in [0.3, 0.4) is 0 Å². The number of nitrogens with one attached hydrogen (secondary N) is 1. The largest absolute Gasteiger partial charge is 0.399 e. The van der Waals surface area contributed by atoms with Crippen LogP contribution in [0.25, 0.3) is 0 Å². The minimum Gasteiger partial charge on any atom is -0.399 e. The van der Waals surface area contributed by atoms with Crippen LogP contribution in [0.2, 0.25) is 0 Å². The van der Waals surface area contributed by atoms with Crippen molar-refractivity contribution in [2.45, 2.75) is 17.7 Å². The Morgan fingerprint density at radius 2 is 1.93 bits per heavy atom. The second-order valence-corrected chi connectivity index (χ2v) is 4.29. The van der Waals surface area contributed by atoms with Crippen LogP contribution < -0.4 is 10.5 Å². The molecule has 15 heavy (non-hydrogen) atoms. The zero-order chi connectivity index (χ0) is 10.5. The Labute approximate surface area is 94.4 Å². The molecule has 0 spiro atoms. The fourth-order valence-electron chi connectivity index (χ4n) is 1.34. The molecule has 1 aliphatic carbocycles. The van der Waals surface area contributed by atoms with E-state index in [1.54, 1.807) is 11.9 Å². The van der Waals surface area contributed by atoms with Gasteiger partial charge in [-0.15, -0.1) is 0 Å². The van der Waals surface area contributed by atoms with E-state index in [9.17, 15) is 0 Å². The van der Waals surface area contributed by atoms with Crippen molar-refractivity contribution in [2.24, 2.45) is 0 Å². The summed E-state index contributed by atoms with van der Waals surface area (Å²) in [4.78, 5) is 1.17. The van der Waals surface area contributed by atoms with Gasteiger partial charge in [0.25, 0.3) is 0 Å². The van der Waals surface area contributed by atoms with E-state index >= 15 is 0 Å². The smallest absolute Gasteiger partial charge is 0.0400 e. The molecule has 3 heteroatoms. The molecular formula is C12H14N2S. The van der Waals surface area contributed by atoms with Gasteiger partial charge < -0.3 is 10.5 Å². The molecule has 0 aliphatic heterocycles. The van der Waals surface area contributed by atoms with Crippen LogP contribution in [-0.2, 0) is 0 Å². The average molecular weight is 218 g/mol. The van der Waals surface area contributed by atoms with Gasteiger partial charge >= 0.3 is 0 Å². The molecule has 0 unspecified atom stereocenters. The molecule has 78 valence electrons. The minimum absolute atomic E-state index is 0.802. The zero-order valence-corrected chi connectivity index (χ0v) is 9.26. The Balaban J connectivity index is 1.90. The Kier molecular flexibility index (Phi) is 3.35. The highest BCUT2D eigenvalue weighted by atomic mass is 32.2. The Morgan fingerprint density at radius 1 is 1.13 bits per heavy atom. The maximum absolute atomic E-state index is 5.61. The van der Waals surface area contributed by atoms with E-state index in [-0.39, 0.29) is 0 Å². The molecule has 0 amide bonds. The summed E-state index contributed by atoms with van der Waals surface area (Å²) < 4.78 is 3.31. The SMILES string of the molecule is Nc1ccc(SNC2=CCCC=C2)cc1. The van der Waals surface area contributed by atoms with Gasteiger partial charge in [0.1, 0.15) is 0 Å². The molecule has 3 N–H and O–H groups in total. The lowest BCUT2D eigenvalue weighted by atomic mass is 10.2. The second kappa shape index (κ2) is 4.94. The first-order valence-electron chi connectivity index (χ1n) is 5.00. The normalized spacial score (nSPS) is 14.8. The summed E-state index contributed by atoms with van der Waals surface area (Å²) in [5.41, 5.74) is 7.60. The molecular weight excluding hydrogens is 204 g/mol. The molecule has 0 radical (unpaired) electrons. The van der Waals surface area contributed by atoms with Gasteiger partial charge in [-0.3, -0.25) is 0 Å². The number of allylic oxidation sites excluding steroid dienone is 3. The lowest BCUT2D eigenvalue weighted by molar-refractivity contribution is 0.998. The van der Waals surface area contributed by atoms with Crippen LogP contribution in [0.5, 0.6) is 0 Å². The second-order valence-electron chi connectivity index (χ2n) is 3.41. The molecule has 0 heterocycles. The maximum atomic E-state index is 5.61. The van der Waals surface area contributed by atoms with Gasteiger partial charge in [-0.2, -0.15) is 0 Å². The summed E-state index contributed by atoms with van der Waals surface area (Å²) in [6, 6.07) is 7.85. The molecule has 0 bridgehead atoms. The Hall–Kier alpha value is -1.35. The van der Waals surface area contributed by atoms with Gasteiger partial charge in [0, 0.05) is 16.3 Å². The third-order valence-electron chi connectivity index (χ3n) is 2.16. The highest BCUT2D eigenvalue weighted by Crippen LogP contribution is 2.19. The average Bonchev–Trinajstić information content (AvgIpc) is 2.30. The monoisotopic (exact) mass is 218 g/mol. The number of nitrogen functional groups attached to an aromatic ring is 1. The van der Waals surface area contributed by atoms with Crippen molar-refractivity contribution >= 4 is 17.6 Å². The highest BCUT2D eigenvalue weighted by Gasteiger charge is 1.97. The van der Waals surface area contributed by atoms with Gasteiger partial charge in [0.05, 0.1) is 0 Å². The number of nitrogens with two attached hydrogens (primary N) is 1. The first-order chi connectivity index (χ1) is 7.34. The molecule has 0 atom stereocenters. The molecule has 1 aromatic rings. The summed E-state index contributed by atoms with van der Waals surface area (Å²) in [7, 11) is 0. The summed E-state index contributed by atoms with van der Waals surface area (Å²) in [5.74, 6) is 0. The third kappa shape index (κ3) is 3.06. The van der Waals surface area contributed by atoms with Crippen molar-refractivity contribution in [1.29, 1.82) is 0 Å². The van der Waals surface area contributed by atoms with Gasteiger partial charge in [0.15, 0.2) is 0 Å². The van der Waals surface area contributed by atoms with Gasteiger partial charge in [-0.25, -0.2) is 0 Å². The van der Waals surface area contributed by atoms with Crippen LogP contribution in [0, 0.1) is 0 Å². The maximum Gasteiger partial charge on any atom is 0.0400 e.